The molecule has 5 nitrogen and oxygen atoms in total. The quantitative estimate of drug-likeness (QED) is 0.736. The molecule has 0 aromatic heterocycles. The standard InChI is InChI=1S/C17H28N2O3/c1-7-9-10-17(11-13(20)8-2)16(22-6)18-14(12(3)4)15(19-17)21-5/h7-8,12-14,20H,1-2,9-11H2,3-6H3/t13-,14+,17-/m0/s1. The number of methoxy groups -OCH3 is 2. The second kappa shape index (κ2) is 8.13. The van der Waals surface area contributed by atoms with Crippen LogP contribution in [0.5, 0.6) is 0 Å². The van der Waals surface area contributed by atoms with Crippen LogP contribution in [0.25, 0.3) is 0 Å². The van der Waals surface area contributed by atoms with E-state index in [0.717, 1.165) is 6.42 Å². The minimum atomic E-state index is -0.743. The van der Waals surface area contributed by atoms with E-state index in [-0.39, 0.29) is 12.0 Å². The van der Waals surface area contributed by atoms with Crippen LogP contribution >= 0.6 is 0 Å². The molecule has 0 amide bonds. The molecule has 0 bridgehead atoms. The fraction of sp³-hybridized carbons (Fsp3) is 0.647. The van der Waals surface area contributed by atoms with Crippen LogP contribution in [0, 0.1) is 5.92 Å². The zero-order valence-corrected chi connectivity index (χ0v) is 14.1. The monoisotopic (exact) mass is 308 g/mol. The molecule has 0 radical (unpaired) electrons. The van der Waals surface area contributed by atoms with E-state index in [1.165, 1.54) is 6.08 Å². The van der Waals surface area contributed by atoms with Crippen LogP contribution in [0.15, 0.2) is 35.3 Å². The third-order valence-electron chi connectivity index (χ3n) is 3.85. The van der Waals surface area contributed by atoms with Gasteiger partial charge >= 0.3 is 0 Å². The topological polar surface area (TPSA) is 63.4 Å². The van der Waals surface area contributed by atoms with Crippen molar-refractivity contribution in [3.8, 4) is 0 Å². The number of hydrogen-bond acceptors (Lipinski definition) is 5. The molecule has 1 N–H and O–H groups in total. The van der Waals surface area contributed by atoms with Crippen LogP contribution in [-0.4, -0.2) is 48.8 Å². The van der Waals surface area contributed by atoms with E-state index in [2.05, 4.69) is 27.0 Å². The second-order valence-electron chi connectivity index (χ2n) is 5.85. The number of aliphatic hydroxyl groups is 1. The summed E-state index contributed by atoms with van der Waals surface area (Å²) < 4.78 is 11.0. The van der Waals surface area contributed by atoms with Gasteiger partial charge in [-0.15, -0.1) is 13.2 Å². The number of aliphatic hydroxyl groups excluding tert-OH is 1. The molecule has 1 rings (SSSR count). The number of aliphatic imine (C=N–C) groups is 2. The summed E-state index contributed by atoms with van der Waals surface area (Å²) in [6.45, 7) is 11.5. The largest absolute Gasteiger partial charge is 0.483 e. The van der Waals surface area contributed by atoms with E-state index < -0.39 is 11.6 Å². The molecule has 0 fully saturated rings. The van der Waals surface area contributed by atoms with Gasteiger partial charge < -0.3 is 14.6 Å². The van der Waals surface area contributed by atoms with E-state index in [0.29, 0.717) is 24.6 Å². The Bertz CT molecular complexity index is 457. The minimum absolute atomic E-state index is 0.169. The van der Waals surface area contributed by atoms with Gasteiger partial charge in [0, 0.05) is 6.42 Å². The molecule has 5 heteroatoms. The highest BCUT2D eigenvalue weighted by atomic mass is 16.5. The van der Waals surface area contributed by atoms with E-state index in [1.54, 1.807) is 14.2 Å². The molecule has 3 atom stereocenters. The van der Waals surface area contributed by atoms with E-state index in [9.17, 15) is 5.11 Å². The first-order valence-corrected chi connectivity index (χ1v) is 7.61. The van der Waals surface area contributed by atoms with Crippen LogP contribution in [0.2, 0.25) is 0 Å². The van der Waals surface area contributed by atoms with Crippen LogP contribution in [-0.2, 0) is 9.47 Å². The third kappa shape index (κ3) is 3.97. The number of rotatable bonds is 7. The molecule has 22 heavy (non-hydrogen) atoms. The molecule has 124 valence electrons. The molecule has 0 unspecified atom stereocenters. The van der Waals surface area contributed by atoms with E-state index >= 15 is 0 Å². The molecule has 0 aliphatic carbocycles. The Morgan fingerprint density at radius 2 is 2.00 bits per heavy atom. The SMILES string of the molecule is C=CCC[C@@]1(C[C@@H](O)C=C)N=C(OC)[C@@H](C(C)C)N=C1OC. The van der Waals surface area contributed by atoms with Crippen LogP contribution in [0.1, 0.15) is 33.1 Å². The maximum absolute atomic E-state index is 10.1. The summed E-state index contributed by atoms with van der Waals surface area (Å²) in [4.78, 5) is 9.50. The molecule has 0 aromatic rings. The molecule has 0 saturated carbocycles. The van der Waals surface area contributed by atoms with Gasteiger partial charge in [0.05, 0.1) is 20.3 Å². The molecule has 0 spiro atoms. The van der Waals surface area contributed by atoms with Gasteiger partial charge in [-0.05, 0) is 18.8 Å². The first kappa shape index (κ1) is 18.4. The Labute approximate surface area is 133 Å². The molecular formula is C17H28N2O3. The highest BCUT2D eigenvalue weighted by Gasteiger charge is 2.43. The normalized spacial score (nSPS) is 26.0. The number of hydrogen-bond donors (Lipinski definition) is 1. The lowest BCUT2D eigenvalue weighted by Crippen LogP contribution is -2.48. The Hall–Kier alpha value is -1.62. The summed E-state index contributed by atoms with van der Waals surface area (Å²) >= 11 is 0. The van der Waals surface area contributed by atoms with Crippen molar-refractivity contribution in [1.29, 1.82) is 0 Å². The molecule has 0 aromatic carbocycles. The van der Waals surface area contributed by atoms with Gasteiger partial charge in [0.2, 0.25) is 11.8 Å². The van der Waals surface area contributed by atoms with Crippen molar-refractivity contribution in [3.05, 3.63) is 25.3 Å². The van der Waals surface area contributed by atoms with Crippen molar-refractivity contribution in [1.82, 2.24) is 0 Å². The Kier molecular flexibility index (Phi) is 6.81. The van der Waals surface area contributed by atoms with Crippen LogP contribution < -0.4 is 0 Å². The molecule has 1 aliphatic heterocycles. The maximum Gasteiger partial charge on any atom is 0.212 e. The molecule has 1 heterocycles. The van der Waals surface area contributed by atoms with Crippen molar-refractivity contribution in [2.24, 2.45) is 15.9 Å². The summed E-state index contributed by atoms with van der Waals surface area (Å²) in [5.41, 5.74) is -0.743. The zero-order chi connectivity index (χ0) is 16.8. The first-order chi connectivity index (χ1) is 10.4. The zero-order valence-electron chi connectivity index (χ0n) is 14.1. The van der Waals surface area contributed by atoms with Gasteiger partial charge in [-0.25, -0.2) is 9.98 Å². The van der Waals surface area contributed by atoms with Crippen molar-refractivity contribution < 1.29 is 14.6 Å². The Morgan fingerprint density at radius 3 is 2.45 bits per heavy atom. The van der Waals surface area contributed by atoms with Gasteiger partial charge in [0.1, 0.15) is 11.6 Å². The summed E-state index contributed by atoms with van der Waals surface area (Å²) in [5, 5.41) is 10.1. The van der Waals surface area contributed by atoms with Crippen LogP contribution in [0.3, 0.4) is 0 Å². The van der Waals surface area contributed by atoms with Gasteiger partial charge in [-0.3, -0.25) is 0 Å². The third-order valence-corrected chi connectivity index (χ3v) is 3.85. The summed E-state index contributed by atoms with van der Waals surface area (Å²) in [7, 11) is 3.19. The minimum Gasteiger partial charge on any atom is -0.483 e. The van der Waals surface area contributed by atoms with Crippen molar-refractivity contribution in [2.75, 3.05) is 14.2 Å². The smallest absolute Gasteiger partial charge is 0.212 e. The van der Waals surface area contributed by atoms with Gasteiger partial charge in [-0.2, -0.15) is 0 Å². The molecule has 1 aliphatic rings. The molecule has 0 saturated heterocycles. The molecular weight excluding hydrogens is 280 g/mol. The van der Waals surface area contributed by atoms with Crippen molar-refractivity contribution in [3.63, 3.8) is 0 Å². The van der Waals surface area contributed by atoms with Crippen LogP contribution in [0.4, 0.5) is 0 Å². The summed E-state index contributed by atoms with van der Waals surface area (Å²) in [6, 6.07) is -0.169. The fourth-order valence-electron chi connectivity index (χ4n) is 2.64. The highest BCUT2D eigenvalue weighted by Crippen LogP contribution is 2.33. The Balaban J connectivity index is 3.30. The van der Waals surface area contributed by atoms with Gasteiger partial charge in [0.25, 0.3) is 0 Å². The van der Waals surface area contributed by atoms with Gasteiger partial charge in [-0.1, -0.05) is 26.0 Å². The lowest BCUT2D eigenvalue weighted by Gasteiger charge is -2.37. The predicted octanol–water partition coefficient (Wildman–Crippen LogP) is 2.76. The average molecular weight is 308 g/mol. The average Bonchev–Trinajstić information content (AvgIpc) is 2.51. The predicted molar refractivity (Wildman–Crippen MR) is 90.5 cm³/mol. The summed E-state index contributed by atoms with van der Waals surface area (Å²) in [6.07, 6.45) is 4.37. The number of allylic oxidation sites excluding steroid dienone is 1. The maximum atomic E-state index is 10.1. The number of ether oxygens (including phenoxy) is 2. The first-order valence-electron chi connectivity index (χ1n) is 7.61. The van der Waals surface area contributed by atoms with Gasteiger partial charge in [0.15, 0.2) is 0 Å². The Morgan fingerprint density at radius 1 is 1.32 bits per heavy atom. The lowest BCUT2D eigenvalue weighted by molar-refractivity contribution is 0.176. The highest BCUT2D eigenvalue weighted by molar-refractivity contribution is 5.97. The van der Waals surface area contributed by atoms with Crippen molar-refractivity contribution >= 4 is 11.8 Å². The van der Waals surface area contributed by atoms with E-state index in [1.807, 2.05) is 6.08 Å². The van der Waals surface area contributed by atoms with Crippen molar-refractivity contribution in [2.45, 2.75) is 50.8 Å². The lowest BCUT2D eigenvalue weighted by atomic mass is 9.85. The van der Waals surface area contributed by atoms with E-state index in [4.69, 9.17) is 19.5 Å². The summed E-state index contributed by atoms with van der Waals surface area (Å²) in [5.74, 6) is 1.36. The fourth-order valence-corrected chi connectivity index (χ4v) is 2.64. The second-order valence-corrected chi connectivity index (χ2v) is 5.85. The number of nitrogens with zero attached hydrogens (tertiary/aromatic N) is 2.